The first-order valence-electron chi connectivity index (χ1n) is 15.4. The average Bonchev–Trinajstić information content (AvgIpc) is 3.14. The second kappa shape index (κ2) is 15.3. The van der Waals surface area contributed by atoms with Crippen molar-refractivity contribution in [3.05, 3.63) is 70.8 Å². The van der Waals surface area contributed by atoms with E-state index in [4.69, 9.17) is 23.7 Å². The number of hydrogen-bond acceptors (Lipinski definition) is 22. The van der Waals surface area contributed by atoms with E-state index in [9.17, 15) is 85.6 Å². The predicted molar refractivity (Wildman–Crippen MR) is 175 cm³/mol. The first kappa shape index (κ1) is 39.5. The molecule has 1 heterocycles. The standard InChI is InChI=1S/C34H28O22/c35-14-1-10(2-15(36)23(14)43)30(47)52-9-22-27(54-31(48)11-3-16(37)24(44)17(38)4-11)28(55-32(49)12-5-18(39)25(45)19(40)6-12)29(34(51)53-22)56-33(50)13-7-20(41)26(46)21(42)8-13/h1-8,22,27-29,34-46,51H,9H2/t22?,27-,28+,29-,34?/m1/s1. The molecule has 4 aromatic rings. The molecule has 0 aromatic heterocycles. The Bertz CT molecular complexity index is 2140. The fourth-order valence-electron chi connectivity index (χ4n) is 5.14. The van der Waals surface area contributed by atoms with Gasteiger partial charge < -0.3 is 90.1 Å². The van der Waals surface area contributed by atoms with Gasteiger partial charge in [-0.25, -0.2) is 19.2 Å². The van der Waals surface area contributed by atoms with Crippen molar-refractivity contribution in [3.8, 4) is 69.0 Å². The number of phenols is 12. The molecule has 0 radical (unpaired) electrons. The Morgan fingerprint density at radius 1 is 0.429 bits per heavy atom. The van der Waals surface area contributed by atoms with Crippen LogP contribution in [0.1, 0.15) is 41.4 Å². The van der Waals surface area contributed by atoms with Crippen molar-refractivity contribution in [1.29, 1.82) is 0 Å². The molecule has 56 heavy (non-hydrogen) atoms. The van der Waals surface area contributed by atoms with Gasteiger partial charge >= 0.3 is 23.9 Å². The molecule has 1 fully saturated rings. The maximum absolute atomic E-state index is 13.5. The molecule has 296 valence electrons. The SMILES string of the molecule is O=C(OCC1OC(O)[C@H](OC(=O)c2cc(O)c(O)c(O)c2)[C@@H](OC(=O)c2cc(O)c(O)c(O)c2)[C@@H]1OC(=O)c1cc(O)c(O)c(O)c1)c1cc(O)c(O)c(O)c1. The van der Waals surface area contributed by atoms with Crippen molar-refractivity contribution in [2.75, 3.05) is 6.61 Å². The maximum atomic E-state index is 13.5. The molecular weight excluding hydrogens is 760 g/mol. The third kappa shape index (κ3) is 7.95. The van der Waals surface area contributed by atoms with Crippen molar-refractivity contribution in [1.82, 2.24) is 0 Å². The zero-order valence-electron chi connectivity index (χ0n) is 27.7. The maximum Gasteiger partial charge on any atom is 0.339 e. The van der Waals surface area contributed by atoms with Crippen LogP contribution in [0.2, 0.25) is 0 Å². The van der Waals surface area contributed by atoms with Crippen molar-refractivity contribution in [2.45, 2.75) is 30.7 Å². The lowest BCUT2D eigenvalue weighted by Gasteiger charge is -2.42. The van der Waals surface area contributed by atoms with E-state index >= 15 is 0 Å². The summed E-state index contributed by atoms with van der Waals surface area (Å²) in [5.41, 5.74) is -2.68. The van der Waals surface area contributed by atoms with Crippen LogP contribution in [-0.2, 0) is 23.7 Å². The van der Waals surface area contributed by atoms with Crippen LogP contribution in [0.15, 0.2) is 48.5 Å². The van der Waals surface area contributed by atoms with Gasteiger partial charge in [-0.15, -0.1) is 0 Å². The van der Waals surface area contributed by atoms with E-state index in [1.54, 1.807) is 0 Å². The Kier molecular flexibility index (Phi) is 10.8. The van der Waals surface area contributed by atoms with E-state index in [2.05, 4.69) is 0 Å². The fraction of sp³-hybridized carbons (Fsp3) is 0.176. The number of carbonyl (C=O) groups is 4. The lowest BCUT2D eigenvalue weighted by Crippen LogP contribution is -2.62. The number of ether oxygens (including phenoxy) is 5. The summed E-state index contributed by atoms with van der Waals surface area (Å²) in [6.07, 6.45) is -11.2. The molecular formula is C34H28O22. The number of aliphatic hydroxyl groups excluding tert-OH is 1. The highest BCUT2D eigenvalue weighted by Crippen LogP contribution is 2.40. The normalized spacial score (nSPS) is 19.1. The van der Waals surface area contributed by atoms with Gasteiger partial charge in [0.2, 0.25) is 0 Å². The monoisotopic (exact) mass is 788 g/mol. The Labute approximate surface area is 310 Å². The zero-order valence-corrected chi connectivity index (χ0v) is 27.7. The fourth-order valence-corrected chi connectivity index (χ4v) is 5.14. The number of benzene rings is 4. The summed E-state index contributed by atoms with van der Waals surface area (Å²) in [6, 6.07) is 4.99. The molecule has 1 aliphatic rings. The van der Waals surface area contributed by atoms with Crippen molar-refractivity contribution < 1.29 is 109 Å². The minimum atomic E-state index is -2.43. The Morgan fingerprint density at radius 2 is 0.696 bits per heavy atom. The van der Waals surface area contributed by atoms with Gasteiger partial charge in [0.05, 0.1) is 22.3 Å². The molecule has 1 saturated heterocycles. The topological polar surface area (TPSA) is 377 Å². The van der Waals surface area contributed by atoms with Crippen LogP contribution in [-0.4, -0.2) is 128 Å². The van der Waals surface area contributed by atoms with E-state index < -0.39 is 152 Å². The molecule has 0 amide bonds. The van der Waals surface area contributed by atoms with Gasteiger partial charge in [-0.2, -0.15) is 0 Å². The molecule has 5 atom stereocenters. The second-order valence-corrected chi connectivity index (χ2v) is 11.7. The predicted octanol–water partition coefficient (Wildman–Crippen LogP) is 0.705. The van der Waals surface area contributed by atoms with Crippen LogP contribution >= 0.6 is 0 Å². The number of rotatable bonds is 9. The summed E-state index contributed by atoms with van der Waals surface area (Å²) in [4.78, 5) is 53.1. The van der Waals surface area contributed by atoms with Crippen LogP contribution < -0.4 is 0 Å². The lowest BCUT2D eigenvalue weighted by molar-refractivity contribution is -0.284. The highest BCUT2D eigenvalue weighted by atomic mass is 16.7. The molecule has 13 N–H and O–H groups in total. The van der Waals surface area contributed by atoms with E-state index in [-0.39, 0.29) is 0 Å². The first-order chi connectivity index (χ1) is 26.3. The number of esters is 4. The first-order valence-corrected chi connectivity index (χ1v) is 15.4. The smallest absolute Gasteiger partial charge is 0.339 e. The van der Waals surface area contributed by atoms with Gasteiger partial charge in [0.1, 0.15) is 12.7 Å². The molecule has 2 unspecified atom stereocenters. The highest BCUT2D eigenvalue weighted by molar-refractivity contribution is 5.93. The summed E-state index contributed by atoms with van der Waals surface area (Å²) < 4.78 is 26.8. The highest BCUT2D eigenvalue weighted by Gasteiger charge is 2.53. The van der Waals surface area contributed by atoms with E-state index in [0.717, 1.165) is 0 Å². The summed E-state index contributed by atoms with van der Waals surface area (Å²) in [5, 5.41) is 129. The minimum Gasteiger partial charge on any atom is -0.504 e. The molecule has 0 aliphatic carbocycles. The van der Waals surface area contributed by atoms with E-state index in [0.29, 0.717) is 48.5 Å². The summed E-state index contributed by atoms with van der Waals surface area (Å²) in [7, 11) is 0. The number of aromatic hydroxyl groups is 12. The largest absolute Gasteiger partial charge is 0.504 e. The Morgan fingerprint density at radius 3 is 1.02 bits per heavy atom. The van der Waals surface area contributed by atoms with Gasteiger partial charge in [0, 0.05) is 0 Å². The molecule has 4 aromatic carbocycles. The van der Waals surface area contributed by atoms with Crippen LogP contribution in [0, 0.1) is 0 Å². The van der Waals surface area contributed by atoms with E-state index in [1.807, 2.05) is 0 Å². The molecule has 0 spiro atoms. The van der Waals surface area contributed by atoms with Gasteiger partial charge in [-0.3, -0.25) is 0 Å². The minimum absolute atomic E-state index is 0.570. The molecule has 0 saturated carbocycles. The third-order valence-electron chi connectivity index (χ3n) is 7.94. The van der Waals surface area contributed by atoms with Gasteiger partial charge in [-0.05, 0) is 48.5 Å². The molecule has 0 bridgehead atoms. The Balaban J connectivity index is 1.57. The summed E-state index contributed by atoms with van der Waals surface area (Å²) in [6.45, 7) is -1.09. The average molecular weight is 789 g/mol. The van der Waals surface area contributed by atoms with Gasteiger partial charge in [0.15, 0.2) is 93.6 Å². The number of aliphatic hydroxyl groups is 1. The van der Waals surface area contributed by atoms with Crippen LogP contribution in [0.25, 0.3) is 0 Å². The number of hydrogen-bond donors (Lipinski definition) is 13. The Hall–Kier alpha value is -7.72. The van der Waals surface area contributed by atoms with E-state index in [1.165, 1.54) is 0 Å². The second-order valence-electron chi connectivity index (χ2n) is 11.7. The number of carbonyl (C=O) groups excluding carboxylic acids is 4. The van der Waals surface area contributed by atoms with Crippen LogP contribution in [0.4, 0.5) is 0 Å². The van der Waals surface area contributed by atoms with Gasteiger partial charge in [0.25, 0.3) is 0 Å². The molecule has 1 aliphatic heterocycles. The lowest BCUT2D eigenvalue weighted by atomic mass is 9.97. The van der Waals surface area contributed by atoms with Crippen molar-refractivity contribution in [2.24, 2.45) is 0 Å². The number of phenolic OH excluding ortho intramolecular Hbond substituents is 12. The van der Waals surface area contributed by atoms with Crippen LogP contribution in [0.3, 0.4) is 0 Å². The summed E-state index contributed by atoms with van der Waals surface area (Å²) >= 11 is 0. The molecule has 22 heteroatoms. The zero-order chi connectivity index (χ0) is 41.3. The van der Waals surface area contributed by atoms with Crippen LogP contribution in [0.5, 0.6) is 69.0 Å². The van der Waals surface area contributed by atoms with Crippen molar-refractivity contribution in [3.63, 3.8) is 0 Å². The molecule has 22 nitrogen and oxygen atoms in total. The quantitative estimate of drug-likeness (QED) is 0.0630. The van der Waals surface area contributed by atoms with Gasteiger partial charge in [-0.1, -0.05) is 0 Å². The third-order valence-corrected chi connectivity index (χ3v) is 7.94. The molecule has 5 rings (SSSR count). The van der Waals surface area contributed by atoms with Crippen molar-refractivity contribution >= 4 is 23.9 Å². The summed E-state index contributed by atoms with van der Waals surface area (Å²) in [5.74, 6) is -18.2.